The fourth-order valence-electron chi connectivity index (χ4n) is 2.47. The van der Waals surface area contributed by atoms with Crippen LogP contribution in [-0.2, 0) is 6.54 Å². The molecule has 1 N–H and O–H groups in total. The highest BCUT2D eigenvalue weighted by molar-refractivity contribution is 5.25. The maximum absolute atomic E-state index is 5.26. The molecule has 0 aromatic carbocycles. The zero-order valence-electron chi connectivity index (χ0n) is 11.5. The van der Waals surface area contributed by atoms with Crippen LogP contribution in [0.15, 0.2) is 18.3 Å². The van der Waals surface area contributed by atoms with Gasteiger partial charge in [0, 0.05) is 30.4 Å². The highest BCUT2D eigenvalue weighted by Crippen LogP contribution is 2.17. The molecule has 4 nitrogen and oxygen atoms in total. The van der Waals surface area contributed by atoms with Crippen LogP contribution in [0.3, 0.4) is 0 Å². The number of pyridine rings is 1. The summed E-state index contributed by atoms with van der Waals surface area (Å²) in [6, 6.07) is 5.28. The van der Waals surface area contributed by atoms with Gasteiger partial charge in [-0.2, -0.15) is 0 Å². The maximum atomic E-state index is 5.26. The van der Waals surface area contributed by atoms with Gasteiger partial charge in [-0.15, -0.1) is 0 Å². The molecule has 2 unspecified atom stereocenters. The number of methoxy groups -OCH3 is 1. The molecule has 1 aromatic heterocycles. The number of ether oxygens (including phenoxy) is 1. The topological polar surface area (TPSA) is 37.4 Å². The van der Waals surface area contributed by atoms with Crippen molar-refractivity contribution < 1.29 is 4.74 Å². The van der Waals surface area contributed by atoms with E-state index in [9.17, 15) is 0 Å². The molecule has 0 aliphatic carbocycles. The standard InChI is InChI=1S/C14H23N3O/c1-11-9-13(6-8-17(11)2)16-10-12-5-4-7-15-14(12)18-3/h4-5,7,11,13,16H,6,8-10H2,1-3H3. The Hall–Kier alpha value is -1.13. The lowest BCUT2D eigenvalue weighted by atomic mass is 9.99. The van der Waals surface area contributed by atoms with Crippen LogP contribution in [0.5, 0.6) is 5.88 Å². The molecule has 1 aliphatic heterocycles. The highest BCUT2D eigenvalue weighted by Gasteiger charge is 2.22. The van der Waals surface area contributed by atoms with Crippen LogP contribution >= 0.6 is 0 Å². The fraction of sp³-hybridized carbons (Fsp3) is 0.643. The second-order valence-electron chi connectivity index (χ2n) is 5.10. The van der Waals surface area contributed by atoms with Crippen molar-refractivity contribution in [1.29, 1.82) is 0 Å². The third-order valence-corrected chi connectivity index (χ3v) is 3.83. The van der Waals surface area contributed by atoms with Gasteiger partial charge in [0.1, 0.15) is 0 Å². The minimum absolute atomic E-state index is 0.598. The fourth-order valence-corrected chi connectivity index (χ4v) is 2.47. The van der Waals surface area contributed by atoms with Crippen LogP contribution in [0.4, 0.5) is 0 Å². The Morgan fingerprint density at radius 2 is 2.39 bits per heavy atom. The van der Waals surface area contributed by atoms with Gasteiger partial charge in [0.05, 0.1) is 7.11 Å². The number of aromatic nitrogens is 1. The number of hydrogen-bond acceptors (Lipinski definition) is 4. The first-order valence-corrected chi connectivity index (χ1v) is 6.62. The minimum Gasteiger partial charge on any atom is -0.481 e. The van der Waals surface area contributed by atoms with Gasteiger partial charge in [-0.25, -0.2) is 4.98 Å². The molecule has 1 fully saturated rings. The third kappa shape index (κ3) is 3.21. The lowest BCUT2D eigenvalue weighted by Gasteiger charge is -2.35. The summed E-state index contributed by atoms with van der Waals surface area (Å²) in [5, 5.41) is 3.62. The maximum Gasteiger partial charge on any atom is 0.217 e. The molecule has 0 saturated carbocycles. The molecule has 0 spiro atoms. The van der Waals surface area contributed by atoms with Crippen LogP contribution in [0.2, 0.25) is 0 Å². The number of nitrogens with one attached hydrogen (secondary N) is 1. The molecule has 2 atom stereocenters. The second-order valence-corrected chi connectivity index (χ2v) is 5.10. The van der Waals surface area contributed by atoms with Gasteiger partial charge in [-0.1, -0.05) is 6.07 Å². The zero-order valence-corrected chi connectivity index (χ0v) is 11.5. The van der Waals surface area contributed by atoms with Crippen molar-refractivity contribution in [3.63, 3.8) is 0 Å². The number of likely N-dealkylation sites (tertiary alicyclic amines) is 1. The van der Waals surface area contributed by atoms with Gasteiger partial charge in [0.15, 0.2) is 0 Å². The summed E-state index contributed by atoms with van der Waals surface area (Å²) in [5.74, 6) is 0.728. The number of hydrogen-bond donors (Lipinski definition) is 1. The predicted molar refractivity (Wildman–Crippen MR) is 72.7 cm³/mol. The van der Waals surface area contributed by atoms with E-state index in [0.717, 1.165) is 18.0 Å². The van der Waals surface area contributed by atoms with E-state index >= 15 is 0 Å². The van der Waals surface area contributed by atoms with E-state index in [1.165, 1.54) is 19.4 Å². The Bertz CT molecular complexity index is 383. The van der Waals surface area contributed by atoms with Crippen LogP contribution in [0, 0.1) is 0 Å². The molecule has 0 radical (unpaired) electrons. The molecule has 100 valence electrons. The summed E-state index contributed by atoms with van der Waals surface area (Å²) >= 11 is 0. The first-order chi connectivity index (χ1) is 8.70. The van der Waals surface area contributed by atoms with Crippen molar-refractivity contribution >= 4 is 0 Å². The van der Waals surface area contributed by atoms with E-state index in [1.807, 2.05) is 6.07 Å². The van der Waals surface area contributed by atoms with Crippen molar-refractivity contribution in [2.75, 3.05) is 20.7 Å². The Morgan fingerprint density at radius 3 is 3.11 bits per heavy atom. The Morgan fingerprint density at radius 1 is 1.56 bits per heavy atom. The van der Waals surface area contributed by atoms with Crippen molar-refractivity contribution in [3.8, 4) is 5.88 Å². The summed E-state index contributed by atoms with van der Waals surface area (Å²) in [6.45, 7) is 4.29. The average molecular weight is 249 g/mol. The first kappa shape index (κ1) is 13.3. The van der Waals surface area contributed by atoms with Crippen molar-refractivity contribution in [3.05, 3.63) is 23.9 Å². The van der Waals surface area contributed by atoms with Gasteiger partial charge < -0.3 is 15.0 Å². The lowest BCUT2D eigenvalue weighted by molar-refractivity contribution is 0.168. The number of rotatable bonds is 4. The number of nitrogens with zero attached hydrogens (tertiary/aromatic N) is 2. The molecule has 4 heteroatoms. The normalized spacial score (nSPS) is 25.1. The van der Waals surface area contributed by atoms with E-state index in [0.29, 0.717) is 12.1 Å². The molecule has 1 aliphatic rings. The minimum atomic E-state index is 0.598. The van der Waals surface area contributed by atoms with Crippen molar-refractivity contribution in [2.45, 2.75) is 38.4 Å². The highest BCUT2D eigenvalue weighted by atomic mass is 16.5. The Labute approximate surface area is 109 Å². The molecule has 1 aromatic rings. The summed E-state index contributed by atoms with van der Waals surface area (Å²) in [5.41, 5.74) is 1.13. The van der Waals surface area contributed by atoms with Crippen LogP contribution in [0.25, 0.3) is 0 Å². The molecule has 0 bridgehead atoms. The summed E-state index contributed by atoms with van der Waals surface area (Å²) in [7, 11) is 3.87. The summed E-state index contributed by atoms with van der Waals surface area (Å²) in [6.07, 6.45) is 4.18. The van der Waals surface area contributed by atoms with Gasteiger partial charge in [-0.3, -0.25) is 0 Å². The molecule has 0 amide bonds. The predicted octanol–water partition coefficient (Wildman–Crippen LogP) is 1.66. The Kier molecular flexibility index (Phi) is 4.55. The van der Waals surface area contributed by atoms with Crippen molar-refractivity contribution in [1.82, 2.24) is 15.2 Å². The Balaban J connectivity index is 1.88. The van der Waals surface area contributed by atoms with Gasteiger partial charge >= 0.3 is 0 Å². The van der Waals surface area contributed by atoms with E-state index in [4.69, 9.17) is 4.74 Å². The largest absolute Gasteiger partial charge is 0.481 e. The van der Waals surface area contributed by atoms with E-state index < -0.39 is 0 Å². The van der Waals surface area contributed by atoms with Crippen LogP contribution < -0.4 is 10.1 Å². The molecular formula is C14H23N3O. The molecule has 2 rings (SSSR count). The van der Waals surface area contributed by atoms with E-state index in [-0.39, 0.29) is 0 Å². The monoisotopic (exact) mass is 249 g/mol. The van der Waals surface area contributed by atoms with Gasteiger partial charge in [0.2, 0.25) is 5.88 Å². The van der Waals surface area contributed by atoms with Crippen LogP contribution in [0.1, 0.15) is 25.3 Å². The zero-order chi connectivity index (χ0) is 13.0. The molecule has 2 heterocycles. The lowest BCUT2D eigenvalue weighted by Crippen LogP contribution is -2.45. The summed E-state index contributed by atoms with van der Waals surface area (Å²) in [4.78, 5) is 6.64. The average Bonchev–Trinajstić information content (AvgIpc) is 2.40. The quantitative estimate of drug-likeness (QED) is 0.880. The van der Waals surface area contributed by atoms with Crippen molar-refractivity contribution in [2.24, 2.45) is 0 Å². The first-order valence-electron chi connectivity index (χ1n) is 6.62. The van der Waals surface area contributed by atoms with E-state index in [1.54, 1.807) is 13.3 Å². The van der Waals surface area contributed by atoms with Gasteiger partial charge in [0.25, 0.3) is 0 Å². The van der Waals surface area contributed by atoms with Gasteiger partial charge in [-0.05, 0) is 39.4 Å². The third-order valence-electron chi connectivity index (χ3n) is 3.83. The van der Waals surface area contributed by atoms with E-state index in [2.05, 4.69) is 35.2 Å². The summed E-state index contributed by atoms with van der Waals surface area (Å²) < 4.78 is 5.26. The number of piperidine rings is 1. The molecule has 1 saturated heterocycles. The smallest absolute Gasteiger partial charge is 0.217 e. The second kappa shape index (κ2) is 6.16. The molecule has 18 heavy (non-hydrogen) atoms. The SMILES string of the molecule is COc1ncccc1CNC1CCN(C)C(C)C1. The van der Waals surface area contributed by atoms with Crippen LogP contribution in [-0.4, -0.2) is 42.7 Å². The molecular weight excluding hydrogens is 226 g/mol.